The molecule has 1 saturated heterocycles. The first-order valence-corrected chi connectivity index (χ1v) is 8.35. The predicted octanol–water partition coefficient (Wildman–Crippen LogP) is 3.03. The third-order valence-electron chi connectivity index (χ3n) is 4.31. The van der Waals surface area contributed by atoms with Crippen molar-refractivity contribution in [1.29, 1.82) is 0 Å². The molecule has 2 aromatic heterocycles. The molecule has 2 N–H and O–H groups in total. The van der Waals surface area contributed by atoms with E-state index >= 15 is 0 Å². The maximum absolute atomic E-state index is 11.9. The Kier molecular flexibility index (Phi) is 5.25. The first-order chi connectivity index (χ1) is 11.7. The molecule has 2 aromatic rings. The molecule has 1 fully saturated rings. The molecule has 24 heavy (non-hydrogen) atoms. The zero-order valence-corrected chi connectivity index (χ0v) is 13.9. The van der Waals surface area contributed by atoms with Gasteiger partial charge in [0.15, 0.2) is 0 Å². The zero-order valence-electron chi connectivity index (χ0n) is 13.9. The summed E-state index contributed by atoms with van der Waals surface area (Å²) in [7, 11) is 0. The highest BCUT2D eigenvalue weighted by molar-refractivity contribution is 5.88. The lowest BCUT2D eigenvalue weighted by molar-refractivity contribution is 0.251. The molecule has 6 heteroatoms. The Hall–Kier alpha value is -2.63. The van der Waals surface area contributed by atoms with Crippen molar-refractivity contribution in [2.75, 3.05) is 23.3 Å². The summed E-state index contributed by atoms with van der Waals surface area (Å²) in [4.78, 5) is 22.6. The smallest absolute Gasteiger partial charge is 0.319 e. The van der Waals surface area contributed by atoms with Crippen LogP contribution in [0.25, 0.3) is 0 Å². The van der Waals surface area contributed by atoms with E-state index in [4.69, 9.17) is 0 Å². The first-order valence-electron chi connectivity index (χ1n) is 8.35. The number of piperidine rings is 1. The monoisotopic (exact) mass is 325 g/mol. The number of carbonyl (C=O) groups is 1. The third kappa shape index (κ3) is 4.44. The largest absolute Gasteiger partial charge is 0.357 e. The molecule has 2 amide bonds. The Labute approximate surface area is 142 Å². The quantitative estimate of drug-likeness (QED) is 0.906. The summed E-state index contributed by atoms with van der Waals surface area (Å²) >= 11 is 0. The van der Waals surface area contributed by atoms with Crippen LogP contribution >= 0.6 is 0 Å². The number of rotatable bonds is 4. The molecule has 0 spiro atoms. The van der Waals surface area contributed by atoms with Gasteiger partial charge in [-0.3, -0.25) is 4.98 Å². The minimum Gasteiger partial charge on any atom is -0.357 e. The van der Waals surface area contributed by atoms with Gasteiger partial charge in [-0.05, 0) is 42.5 Å². The van der Waals surface area contributed by atoms with Gasteiger partial charge in [-0.25, -0.2) is 9.78 Å². The van der Waals surface area contributed by atoms with Gasteiger partial charge in [0.1, 0.15) is 5.82 Å². The van der Waals surface area contributed by atoms with E-state index in [9.17, 15) is 4.79 Å². The number of aromatic nitrogens is 2. The summed E-state index contributed by atoms with van der Waals surface area (Å²) in [6.45, 7) is 4.89. The molecule has 126 valence electrons. The van der Waals surface area contributed by atoms with Crippen LogP contribution in [0, 0.1) is 5.92 Å². The molecule has 0 bridgehead atoms. The van der Waals surface area contributed by atoms with E-state index in [0.29, 0.717) is 6.54 Å². The van der Waals surface area contributed by atoms with E-state index in [0.717, 1.165) is 36.1 Å². The van der Waals surface area contributed by atoms with E-state index in [-0.39, 0.29) is 6.03 Å². The zero-order chi connectivity index (χ0) is 16.8. The topological polar surface area (TPSA) is 70.2 Å². The van der Waals surface area contributed by atoms with Crippen molar-refractivity contribution in [3.05, 3.63) is 48.4 Å². The number of hydrogen-bond acceptors (Lipinski definition) is 4. The second-order valence-electron chi connectivity index (χ2n) is 6.24. The van der Waals surface area contributed by atoms with Crippen molar-refractivity contribution in [3.63, 3.8) is 0 Å². The molecule has 0 radical (unpaired) electrons. The van der Waals surface area contributed by atoms with Crippen LogP contribution in [0.4, 0.5) is 16.3 Å². The average molecular weight is 325 g/mol. The molecule has 0 saturated carbocycles. The van der Waals surface area contributed by atoms with Crippen molar-refractivity contribution in [2.45, 2.75) is 26.3 Å². The molecule has 3 rings (SSSR count). The summed E-state index contributed by atoms with van der Waals surface area (Å²) < 4.78 is 0. The van der Waals surface area contributed by atoms with E-state index in [1.807, 2.05) is 18.3 Å². The lowest BCUT2D eigenvalue weighted by atomic mass is 9.99. The van der Waals surface area contributed by atoms with Gasteiger partial charge >= 0.3 is 6.03 Å². The standard InChI is InChI=1S/C18H23N5O/c1-14-6-10-23(11-7-14)17-3-2-15(12-20-17)13-21-18(24)22-16-4-8-19-9-5-16/h2-5,8-9,12,14H,6-7,10-11,13H2,1H3,(H2,19,21,22,24). The van der Waals surface area contributed by atoms with E-state index in [1.165, 1.54) is 12.8 Å². The molecular formula is C18H23N5O. The molecular weight excluding hydrogens is 302 g/mol. The summed E-state index contributed by atoms with van der Waals surface area (Å²) in [5.74, 6) is 1.83. The van der Waals surface area contributed by atoms with E-state index in [1.54, 1.807) is 24.5 Å². The maximum Gasteiger partial charge on any atom is 0.319 e. The minimum atomic E-state index is -0.240. The molecule has 6 nitrogen and oxygen atoms in total. The van der Waals surface area contributed by atoms with Crippen LogP contribution in [0.2, 0.25) is 0 Å². The van der Waals surface area contributed by atoms with Gasteiger partial charge in [-0.2, -0.15) is 0 Å². The number of pyridine rings is 2. The van der Waals surface area contributed by atoms with Crippen LogP contribution in [0.5, 0.6) is 0 Å². The number of carbonyl (C=O) groups excluding carboxylic acids is 1. The Morgan fingerprint density at radius 2 is 1.96 bits per heavy atom. The van der Waals surface area contributed by atoms with Crippen molar-refractivity contribution in [1.82, 2.24) is 15.3 Å². The summed E-state index contributed by atoms with van der Waals surface area (Å²) in [6, 6.07) is 7.31. The van der Waals surface area contributed by atoms with Gasteiger partial charge in [0, 0.05) is 43.9 Å². The van der Waals surface area contributed by atoms with Gasteiger partial charge in [0.05, 0.1) is 0 Å². The van der Waals surface area contributed by atoms with Gasteiger partial charge in [0.25, 0.3) is 0 Å². The Bertz CT molecular complexity index is 651. The molecule has 1 aliphatic rings. The lowest BCUT2D eigenvalue weighted by Gasteiger charge is -2.31. The highest BCUT2D eigenvalue weighted by Gasteiger charge is 2.16. The summed E-state index contributed by atoms with van der Waals surface area (Å²) in [5, 5.41) is 5.59. The molecule has 0 atom stereocenters. The first kappa shape index (κ1) is 16.2. The van der Waals surface area contributed by atoms with Crippen molar-refractivity contribution < 1.29 is 4.79 Å². The summed E-state index contributed by atoms with van der Waals surface area (Å²) in [6.07, 6.45) is 7.56. The van der Waals surface area contributed by atoms with Gasteiger partial charge in [-0.1, -0.05) is 13.0 Å². The molecule has 1 aliphatic heterocycles. The Balaban J connectivity index is 1.48. The third-order valence-corrected chi connectivity index (χ3v) is 4.31. The van der Waals surface area contributed by atoms with Crippen LogP contribution in [0.3, 0.4) is 0 Å². The average Bonchev–Trinajstić information content (AvgIpc) is 2.62. The SMILES string of the molecule is CC1CCN(c2ccc(CNC(=O)Nc3ccncc3)cn2)CC1. The number of anilines is 2. The van der Waals surface area contributed by atoms with Crippen LogP contribution in [0.1, 0.15) is 25.3 Å². The summed E-state index contributed by atoms with van der Waals surface area (Å²) in [5.41, 5.74) is 1.70. The Morgan fingerprint density at radius 3 is 2.62 bits per heavy atom. The maximum atomic E-state index is 11.9. The van der Waals surface area contributed by atoms with E-state index < -0.39 is 0 Å². The minimum absolute atomic E-state index is 0.240. The number of amides is 2. The highest BCUT2D eigenvalue weighted by atomic mass is 16.2. The number of nitrogens with zero attached hydrogens (tertiary/aromatic N) is 3. The normalized spacial score (nSPS) is 15.1. The second kappa shape index (κ2) is 7.77. The van der Waals surface area contributed by atoms with Crippen molar-refractivity contribution >= 4 is 17.5 Å². The van der Waals surface area contributed by atoms with E-state index in [2.05, 4.69) is 32.4 Å². The van der Waals surface area contributed by atoms with Crippen LogP contribution in [-0.4, -0.2) is 29.1 Å². The fourth-order valence-corrected chi connectivity index (χ4v) is 2.74. The van der Waals surface area contributed by atoms with Crippen LogP contribution < -0.4 is 15.5 Å². The van der Waals surface area contributed by atoms with Crippen LogP contribution in [-0.2, 0) is 6.54 Å². The van der Waals surface area contributed by atoms with Gasteiger partial charge < -0.3 is 15.5 Å². The number of nitrogens with one attached hydrogen (secondary N) is 2. The van der Waals surface area contributed by atoms with Gasteiger partial charge in [0.2, 0.25) is 0 Å². The van der Waals surface area contributed by atoms with Crippen LogP contribution in [0.15, 0.2) is 42.9 Å². The number of hydrogen-bond donors (Lipinski definition) is 2. The second-order valence-corrected chi connectivity index (χ2v) is 6.24. The lowest BCUT2D eigenvalue weighted by Crippen LogP contribution is -2.33. The highest BCUT2D eigenvalue weighted by Crippen LogP contribution is 2.21. The molecule has 0 aliphatic carbocycles. The number of urea groups is 1. The van der Waals surface area contributed by atoms with Gasteiger partial charge in [-0.15, -0.1) is 0 Å². The van der Waals surface area contributed by atoms with Crippen molar-refractivity contribution in [2.24, 2.45) is 5.92 Å². The molecule has 0 aromatic carbocycles. The Morgan fingerprint density at radius 1 is 1.21 bits per heavy atom. The predicted molar refractivity (Wildman–Crippen MR) is 94.9 cm³/mol. The fourth-order valence-electron chi connectivity index (χ4n) is 2.74. The molecule has 3 heterocycles. The van der Waals surface area contributed by atoms with Crippen molar-refractivity contribution in [3.8, 4) is 0 Å². The fraction of sp³-hybridized carbons (Fsp3) is 0.389. The molecule has 0 unspecified atom stereocenters.